The smallest absolute Gasteiger partial charge is 0.252 e. The number of ether oxygens (including phenoxy) is 1. The number of para-hydroxylation sites is 1. The van der Waals surface area contributed by atoms with Crippen LogP contribution in [0.2, 0.25) is 0 Å². The van der Waals surface area contributed by atoms with Crippen LogP contribution in [0.15, 0.2) is 70.8 Å². The van der Waals surface area contributed by atoms with Gasteiger partial charge in [0, 0.05) is 35.4 Å². The van der Waals surface area contributed by atoms with E-state index in [-0.39, 0.29) is 24.4 Å². The fraction of sp³-hybridized carbons (Fsp3) is 0.185. The number of hydrogen-bond acceptors (Lipinski definition) is 6. The highest BCUT2D eigenvalue weighted by Gasteiger charge is 2.18. The molecule has 0 atom stereocenters. The van der Waals surface area contributed by atoms with Crippen LogP contribution in [0.1, 0.15) is 17.7 Å². The Labute approximate surface area is 211 Å². The minimum Gasteiger partial charge on any atom is -0.497 e. The Morgan fingerprint density at radius 3 is 2.56 bits per heavy atom. The number of carbonyl (C=O) groups excluding carboxylic acids is 1. The summed E-state index contributed by atoms with van der Waals surface area (Å²) in [6, 6.07) is 18.9. The van der Waals surface area contributed by atoms with Gasteiger partial charge >= 0.3 is 0 Å². The number of benzene rings is 2. The number of rotatable bonds is 7. The lowest BCUT2D eigenvalue weighted by Crippen LogP contribution is -2.25. The van der Waals surface area contributed by atoms with Crippen molar-refractivity contribution in [3.8, 4) is 22.7 Å². The van der Waals surface area contributed by atoms with Crippen molar-refractivity contribution in [3.63, 3.8) is 0 Å². The van der Waals surface area contributed by atoms with Crippen LogP contribution < -0.4 is 15.6 Å². The Bertz CT molecular complexity index is 1600. The zero-order chi connectivity index (χ0) is 25.2. The molecule has 2 aromatic carbocycles. The molecule has 0 fully saturated rings. The van der Waals surface area contributed by atoms with Gasteiger partial charge in [-0.25, -0.2) is 9.67 Å². The predicted octanol–water partition coefficient (Wildman–Crippen LogP) is 4.96. The van der Waals surface area contributed by atoms with Gasteiger partial charge in [-0.05, 0) is 55.8 Å². The number of pyridine rings is 1. The van der Waals surface area contributed by atoms with Crippen LogP contribution in [0.25, 0.3) is 28.0 Å². The zero-order valence-electron chi connectivity index (χ0n) is 20.2. The molecule has 182 valence electrons. The normalized spacial score (nSPS) is 11.1. The molecule has 0 spiro atoms. The summed E-state index contributed by atoms with van der Waals surface area (Å²) < 4.78 is 8.60. The lowest BCUT2D eigenvalue weighted by molar-refractivity contribution is -0.116. The molecular formula is C27H25N5O3S. The summed E-state index contributed by atoms with van der Waals surface area (Å²) in [5.41, 5.74) is 4.78. The highest BCUT2D eigenvalue weighted by Crippen LogP contribution is 2.27. The van der Waals surface area contributed by atoms with Crippen molar-refractivity contribution in [2.45, 2.75) is 26.8 Å². The average Bonchev–Trinajstić information content (AvgIpc) is 3.49. The van der Waals surface area contributed by atoms with Crippen molar-refractivity contribution < 1.29 is 9.53 Å². The van der Waals surface area contributed by atoms with E-state index in [0.717, 1.165) is 39.3 Å². The Kier molecular flexibility index (Phi) is 6.39. The highest BCUT2D eigenvalue weighted by atomic mass is 32.1. The first kappa shape index (κ1) is 23.5. The van der Waals surface area contributed by atoms with Gasteiger partial charge in [-0.2, -0.15) is 5.10 Å². The third kappa shape index (κ3) is 4.52. The van der Waals surface area contributed by atoms with E-state index in [4.69, 9.17) is 9.84 Å². The topological polar surface area (TPSA) is 91.0 Å². The quantitative estimate of drug-likeness (QED) is 0.342. The molecule has 0 radical (unpaired) electrons. The number of carbonyl (C=O) groups is 1. The summed E-state index contributed by atoms with van der Waals surface area (Å²) in [7, 11) is 1.62. The van der Waals surface area contributed by atoms with Crippen molar-refractivity contribution in [1.29, 1.82) is 0 Å². The van der Waals surface area contributed by atoms with E-state index >= 15 is 0 Å². The first-order chi connectivity index (χ1) is 17.4. The molecule has 0 aliphatic carbocycles. The van der Waals surface area contributed by atoms with E-state index < -0.39 is 0 Å². The summed E-state index contributed by atoms with van der Waals surface area (Å²) >= 11 is 1.36. The van der Waals surface area contributed by atoms with Gasteiger partial charge in [0.15, 0.2) is 5.13 Å². The number of thiazole rings is 1. The van der Waals surface area contributed by atoms with Crippen LogP contribution in [0.5, 0.6) is 5.75 Å². The summed E-state index contributed by atoms with van der Waals surface area (Å²) in [6.45, 7) is 4.06. The molecule has 0 bridgehead atoms. The molecule has 0 saturated carbocycles. The SMILES string of the molecule is COc1ccc(-c2csc(NC(=O)CCn3c(=O)cc(C)c4c(C)nn(-c5ccccc5)c43)n2)cc1. The number of nitrogens with one attached hydrogen (secondary N) is 1. The van der Waals surface area contributed by atoms with Crippen molar-refractivity contribution in [3.05, 3.63) is 87.7 Å². The van der Waals surface area contributed by atoms with E-state index in [1.165, 1.54) is 11.3 Å². The Morgan fingerprint density at radius 2 is 1.83 bits per heavy atom. The second kappa shape index (κ2) is 9.79. The maximum atomic E-state index is 13.0. The Hall–Kier alpha value is -4.24. The predicted molar refractivity (Wildman–Crippen MR) is 142 cm³/mol. The van der Waals surface area contributed by atoms with E-state index in [9.17, 15) is 9.59 Å². The molecular weight excluding hydrogens is 474 g/mol. The summed E-state index contributed by atoms with van der Waals surface area (Å²) in [5.74, 6) is 0.556. The molecule has 0 saturated heterocycles. The number of hydrogen-bond donors (Lipinski definition) is 1. The molecule has 9 heteroatoms. The molecule has 0 unspecified atom stereocenters. The number of methoxy groups -OCH3 is 1. The molecule has 36 heavy (non-hydrogen) atoms. The standard InChI is InChI=1S/C27H25N5O3S/c1-17-15-24(34)31(26-25(17)18(2)30-32(26)20-7-5-4-6-8-20)14-13-23(33)29-27-28-22(16-36-27)19-9-11-21(35-3)12-10-19/h4-12,15-16H,13-14H2,1-3H3,(H,28,29,33). The Morgan fingerprint density at radius 1 is 1.08 bits per heavy atom. The number of aryl methyl sites for hydroxylation is 3. The second-order valence-corrected chi connectivity index (χ2v) is 9.27. The van der Waals surface area contributed by atoms with E-state index in [1.54, 1.807) is 22.4 Å². The van der Waals surface area contributed by atoms with Gasteiger partial charge in [-0.1, -0.05) is 18.2 Å². The van der Waals surface area contributed by atoms with Gasteiger partial charge in [0.1, 0.15) is 11.4 Å². The molecule has 1 N–H and O–H groups in total. The number of nitrogens with zero attached hydrogens (tertiary/aromatic N) is 4. The zero-order valence-corrected chi connectivity index (χ0v) is 21.0. The molecule has 5 aromatic rings. The van der Waals surface area contributed by atoms with E-state index in [2.05, 4.69) is 10.3 Å². The van der Waals surface area contributed by atoms with Crippen molar-refractivity contribution in [1.82, 2.24) is 19.3 Å². The molecule has 3 heterocycles. The number of amides is 1. The van der Waals surface area contributed by atoms with Crippen LogP contribution in [0, 0.1) is 13.8 Å². The van der Waals surface area contributed by atoms with Gasteiger partial charge in [0.05, 0.1) is 24.2 Å². The number of anilines is 1. The monoisotopic (exact) mass is 499 g/mol. The number of fused-ring (bicyclic) bond motifs is 1. The molecule has 5 rings (SSSR count). The molecule has 0 aliphatic rings. The lowest BCUT2D eigenvalue weighted by atomic mass is 10.1. The number of aromatic nitrogens is 4. The van der Waals surface area contributed by atoms with Crippen molar-refractivity contribution in [2.24, 2.45) is 0 Å². The van der Waals surface area contributed by atoms with Crippen molar-refractivity contribution in [2.75, 3.05) is 12.4 Å². The minimum atomic E-state index is -0.214. The highest BCUT2D eigenvalue weighted by molar-refractivity contribution is 7.14. The molecule has 0 aliphatic heterocycles. The maximum absolute atomic E-state index is 13.0. The summed E-state index contributed by atoms with van der Waals surface area (Å²) in [4.78, 5) is 30.3. The molecule has 8 nitrogen and oxygen atoms in total. The third-order valence-electron chi connectivity index (χ3n) is 5.99. The first-order valence-electron chi connectivity index (χ1n) is 11.5. The molecule has 1 amide bonds. The Balaban J connectivity index is 1.37. The lowest BCUT2D eigenvalue weighted by Gasteiger charge is -2.12. The third-order valence-corrected chi connectivity index (χ3v) is 6.75. The fourth-order valence-corrected chi connectivity index (χ4v) is 4.99. The van der Waals surface area contributed by atoms with Gasteiger partial charge < -0.3 is 10.1 Å². The van der Waals surface area contributed by atoms with Crippen LogP contribution in [-0.4, -0.2) is 32.3 Å². The minimum absolute atomic E-state index is 0.120. The summed E-state index contributed by atoms with van der Waals surface area (Å²) in [6.07, 6.45) is 0.120. The van der Waals surface area contributed by atoms with Gasteiger partial charge in [-0.15, -0.1) is 11.3 Å². The fourth-order valence-electron chi connectivity index (χ4n) is 4.25. The van der Waals surface area contributed by atoms with Gasteiger partial charge in [0.25, 0.3) is 5.56 Å². The largest absolute Gasteiger partial charge is 0.497 e. The van der Waals surface area contributed by atoms with E-state index in [0.29, 0.717) is 10.8 Å². The average molecular weight is 500 g/mol. The van der Waals surface area contributed by atoms with Crippen molar-refractivity contribution >= 4 is 33.4 Å². The van der Waals surface area contributed by atoms with Crippen LogP contribution in [0.4, 0.5) is 5.13 Å². The maximum Gasteiger partial charge on any atom is 0.252 e. The van der Waals surface area contributed by atoms with Gasteiger partial charge in [-0.3, -0.25) is 14.2 Å². The van der Waals surface area contributed by atoms with Crippen LogP contribution in [-0.2, 0) is 11.3 Å². The van der Waals surface area contributed by atoms with Gasteiger partial charge in [0.2, 0.25) is 5.91 Å². The van der Waals surface area contributed by atoms with Crippen LogP contribution >= 0.6 is 11.3 Å². The van der Waals surface area contributed by atoms with Crippen LogP contribution in [0.3, 0.4) is 0 Å². The van der Waals surface area contributed by atoms with E-state index in [1.807, 2.05) is 73.8 Å². The first-order valence-corrected chi connectivity index (χ1v) is 12.4. The second-order valence-electron chi connectivity index (χ2n) is 8.41. The summed E-state index contributed by atoms with van der Waals surface area (Å²) in [5, 5.41) is 10.9. The molecule has 3 aromatic heterocycles.